The third kappa shape index (κ3) is 7.70. The second-order valence-electron chi connectivity index (χ2n) is 4.73. The maximum Gasteiger partial charge on any atom is 0.407 e. The molecule has 0 saturated carbocycles. The molecule has 0 fully saturated rings. The Morgan fingerprint density at radius 2 is 1.84 bits per heavy atom. The van der Waals surface area contributed by atoms with E-state index < -0.39 is 12.1 Å². The number of methoxy groups -OCH3 is 1. The van der Waals surface area contributed by atoms with Gasteiger partial charge in [0.2, 0.25) is 0 Å². The molecule has 0 aliphatic heterocycles. The van der Waals surface area contributed by atoms with Gasteiger partial charge in [0.1, 0.15) is 6.04 Å². The van der Waals surface area contributed by atoms with E-state index in [1.807, 2.05) is 13.8 Å². The van der Waals surface area contributed by atoms with Gasteiger partial charge in [-0.1, -0.05) is 46.5 Å². The van der Waals surface area contributed by atoms with E-state index in [2.05, 4.69) is 17.0 Å². The second-order valence-corrected chi connectivity index (χ2v) is 4.73. The lowest BCUT2D eigenvalue weighted by Gasteiger charge is -2.21. The smallest absolute Gasteiger partial charge is 0.407 e. The van der Waals surface area contributed by atoms with Crippen LogP contribution in [0.5, 0.6) is 0 Å². The number of unbranched alkanes of at least 4 members (excludes halogenated alkanes) is 3. The lowest BCUT2D eigenvalue weighted by Crippen LogP contribution is -2.46. The van der Waals surface area contributed by atoms with Gasteiger partial charge < -0.3 is 14.8 Å². The first-order valence-corrected chi connectivity index (χ1v) is 7.07. The molecule has 0 aromatic rings. The summed E-state index contributed by atoms with van der Waals surface area (Å²) in [4.78, 5) is 23.2. The largest absolute Gasteiger partial charge is 0.464 e. The first-order chi connectivity index (χ1) is 9.06. The number of hydrogen-bond acceptors (Lipinski definition) is 4. The van der Waals surface area contributed by atoms with Crippen molar-refractivity contribution in [1.29, 1.82) is 0 Å². The van der Waals surface area contributed by atoms with Gasteiger partial charge in [0.05, 0.1) is 13.7 Å². The lowest BCUT2D eigenvalue weighted by atomic mass is 9.99. The minimum absolute atomic E-state index is 0.0160. The Bertz CT molecular complexity index is 268. The van der Waals surface area contributed by atoms with E-state index in [1.165, 1.54) is 7.11 Å². The van der Waals surface area contributed by atoms with Crippen LogP contribution < -0.4 is 5.32 Å². The molecule has 0 aromatic carbocycles. The van der Waals surface area contributed by atoms with Crippen LogP contribution in [0.15, 0.2) is 0 Å². The van der Waals surface area contributed by atoms with Crippen LogP contribution in [-0.2, 0) is 14.3 Å². The van der Waals surface area contributed by atoms with Gasteiger partial charge in [-0.05, 0) is 12.3 Å². The summed E-state index contributed by atoms with van der Waals surface area (Å²) in [6, 6.07) is -0.636. The van der Waals surface area contributed by atoms with Crippen molar-refractivity contribution >= 4 is 12.1 Å². The van der Waals surface area contributed by atoms with Crippen LogP contribution in [-0.4, -0.2) is 31.8 Å². The fourth-order valence-corrected chi connectivity index (χ4v) is 1.65. The van der Waals surface area contributed by atoms with E-state index in [0.717, 1.165) is 32.1 Å². The molecule has 0 aromatic heterocycles. The molecule has 0 aliphatic rings. The average Bonchev–Trinajstić information content (AvgIpc) is 2.43. The maximum absolute atomic E-state index is 11.9. The number of carbonyl (C=O) groups is 2. The highest BCUT2D eigenvalue weighted by molar-refractivity contribution is 5.81. The number of alkyl carbamates (subject to hydrolysis) is 1. The summed E-state index contributed by atoms with van der Waals surface area (Å²) in [7, 11) is 1.28. The number of hydrogen-bond donors (Lipinski definition) is 1. The summed E-state index contributed by atoms with van der Waals surface area (Å²) in [6.45, 7) is 6.41. The van der Waals surface area contributed by atoms with Crippen molar-refractivity contribution in [3.63, 3.8) is 0 Å². The molecule has 0 saturated heterocycles. The molecule has 2 unspecified atom stereocenters. The summed E-state index contributed by atoms with van der Waals surface area (Å²) >= 11 is 0. The number of carbonyl (C=O) groups excluding carboxylic acids is 2. The van der Waals surface area contributed by atoms with Gasteiger partial charge in [0.15, 0.2) is 0 Å². The van der Waals surface area contributed by atoms with E-state index in [0.29, 0.717) is 6.61 Å². The van der Waals surface area contributed by atoms with Crippen LogP contribution in [0.3, 0.4) is 0 Å². The molecular formula is C14H27NO4. The molecule has 0 radical (unpaired) electrons. The summed E-state index contributed by atoms with van der Waals surface area (Å²) in [5.74, 6) is -0.363. The van der Waals surface area contributed by atoms with Gasteiger partial charge in [-0.2, -0.15) is 0 Å². The minimum Gasteiger partial charge on any atom is -0.464 e. The maximum atomic E-state index is 11.9. The summed E-state index contributed by atoms with van der Waals surface area (Å²) < 4.78 is 9.74. The van der Waals surface area contributed by atoms with Gasteiger partial charge >= 0.3 is 12.1 Å². The lowest BCUT2D eigenvalue weighted by molar-refractivity contribution is -0.147. The molecule has 5 nitrogen and oxygen atoms in total. The van der Waals surface area contributed by atoms with Crippen molar-refractivity contribution in [2.24, 2.45) is 5.92 Å². The van der Waals surface area contributed by atoms with Crippen molar-refractivity contribution in [2.45, 2.75) is 58.9 Å². The Morgan fingerprint density at radius 3 is 2.37 bits per heavy atom. The molecule has 0 aliphatic carbocycles. The quantitative estimate of drug-likeness (QED) is 0.518. The zero-order valence-electron chi connectivity index (χ0n) is 12.5. The number of nitrogens with one attached hydrogen (secondary N) is 1. The Kier molecular flexibility index (Phi) is 9.94. The monoisotopic (exact) mass is 273 g/mol. The molecule has 0 heterocycles. The average molecular weight is 273 g/mol. The molecule has 0 spiro atoms. The number of amides is 1. The number of rotatable bonds is 9. The van der Waals surface area contributed by atoms with E-state index in [9.17, 15) is 9.59 Å². The third-order valence-electron chi connectivity index (χ3n) is 3.17. The summed E-state index contributed by atoms with van der Waals surface area (Å²) in [5, 5.41) is 2.53. The van der Waals surface area contributed by atoms with Crippen LogP contribution in [0.2, 0.25) is 0 Å². The van der Waals surface area contributed by atoms with Gasteiger partial charge in [-0.15, -0.1) is 0 Å². The molecular weight excluding hydrogens is 246 g/mol. The second kappa shape index (κ2) is 10.6. The first-order valence-electron chi connectivity index (χ1n) is 7.07. The van der Waals surface area contributed by atoms with Gasteiger partial charge in [-0.25, -0.2) is 9.59 Å². The predicted octanol–water partition coefficient (Wildman–Crippen LogP) is 2.88. The summed E-state index contributed by atoms with van der Waals surface area (Å²) in [5.41, 5.74) is 0. The van der Waals surface area contributed by atoms with Crippen molar-refractivity contribution < 1.29 is 19.1 Å². The molecule has 112 valence electrons. The van der Waals surface area contributed by atoms with Crippen LogP contribution in [0.4, 0.5) is 4.79 Å². The van der Waals surface area contributed by atoms with E-state index in [4.69, 9.17) is 4.74 Å². The zero-order valence-corrected chi connectivity index (χ0v) is 12.5. The van der Waals surface area contributed by atoms with E-state index in [1.54, 1.807) is 0 Å². The fraction of sp³-hybridized carbons (Fsp3) is 0.857. The van der Waals surface area contributed by atoms with Gasteiger partial charge in [0, 0.05) is 0 Å². The molecule has 19 heavy (non-hydrogen) atoms. The molecule has 1 amide bonds. The van der Waals surface area contributed by atoms with Gasteiger partial charge in [-0.3, -0.25) is 0 Å². The molecule has 5 heteroatoms. The Labute approximate surface area is 116 Å². The molecule has 1 N–H and O–H groups in total. The predicted molar refractivity (Wildman–Crippen MR) is 73.9 cm³/mol. The summed E-state index contributed by atoms with van der Waals surface area (Å²) in [6.07, 6.45) is 4.39. The molecule has 0 rings (SSSR count). The van der Waals surface area contributed by atoms with Crippen molar-refractivity contribution in [3.05, 3.63) is 0 Å². The number of esters is 1. The van der Waals surface area contributed by atoms with Crippen LogP contribution >= 0.6 is 0 Å². The molecule has 2 atom stereocenters. The topological polar surface area (TPSA) is 64.6 Å². The zero-order chi connectivity index (χ0) is 14.7. The third-order valence-corrected chi connectivity index (χ3v) is 3.17. The SMILES string of the molecule is CCCCCCOC(=O)C(NC(=O)OC)C(C)CC. The van der Waals surface area contributed by atoms with E-state index >= 15 is 0 Å². The van der Waals surface area contributed by atoms with E-state index in [-0.39, 0.29) is 11.9 Å². The fourth-order valence-electron chi connectivity index (χ4n) is 1.65. The van der Waals surface area contributed by atoms with Crippen molar-refractivity contribution in [1.82, 2.24) is 5.32 Å². The highest BCUT2D eigenvalue weighted by Crippen LogP contribution is 2.10. The first kappa shape index (κ1) is 17.7. The normalized spacial score (nSPS) is 13.5. The van der Waals surface area contributed by atoms with Crippen molar-refractivity contribution in [3.8, 4) is 0 Å². The standard InChI is InChI=1S/C14H27NO4/c1-5-7-8-9-10-19-13(16)12(11(3)6-2)15-14(17)18-4/h11-12H,5-10H2,1-4H3,(H,15,17). The number of ether oxygens (including phenoxy) is 2. The highest BCUT2D eigenvalue weighted by Gasteiger charge is 2.27. The van der Waals surface area contributed by atoms with Crippen LogP contribution in [0.25, 0.3) is 0 Å². The van der Waals surface area contributed by atoms with Crippen LogP contribution in [0, 0.1) is 5.92 Å². The van der Waals surface area contributed by atoms with Crippen molar-refractivity contribution in [2.75, 3.05) is 13.7 Å². The minimum atomic E-state index is -0.636. The van der Waals surface area contributed by atoms with Gasteiger partial charge in [0.25, 0.3) is 0 Å². The highest BCUT2D eigenvalue weighted by atomic mass is 16.5. The Balaban J connectivity index is 4.19. The molecule has 0 bridgehead atoms. The Morgan fingerprint density at radius 1 is 1.16 bits per heavy atom. The van der Waals surface area contributed by atoms with Crippen LogP contribution in [0.1, 0.15) is 52.9 Å². The Hall–Kier alpha value is -1.26.